The van der Waals surface area contributed by atoms with Crippen molar-refractivity contribution in [3.8, 4) is 0 Å². The molecular weight excluding hydrogens is 179 g/mol. The molecule has 2 nitrogen and oxygen atoms in total. The summed E-state index contributed by atoms with van der Waals surface area (Å²) in [5, 5.41) is 3.45. The molecule has 2 aliphatic heterocycles. The molecule has 2 bridgehead atoms. The number of nitrogens with zero attached hydrogens (tertiary/aromatic N) is 1. The lowest BCUT2D eigenvalue weighted by Gasteiger charge is -2.29. The summed E-state index contributed by atoms with van der Waals surface area (Å²) in [6.45, 7) is 2.14. The SMILES string of the molecule is Fc1ccc(N2CC3CC2CN3)cc1. The van der Waals surface area contributed by atoms with Gasteiger partial charge >= 0.3 is 0 Å². The van der Waals surface area contributed by atoms with Gasteiger partial charge in [-0.25, -0.2) is 4.39 Å². The Hall–Kier alpha value is -1.09. The second-order valence-electron chi connectivity index (χ2n) is 4.12. The molecule has 2 saturated heterocycles. The van der Waals surface area contributed by atoms with Crippen LogP contribution in [0.3, 0.4) is 0 Å². The second kappa shape index (κ2) is 2.95. The molecule has 1 aromatic rings. The monoisotopic (exact) mass is 192 g/mol. The van der Waals surface area contributed by atoms with Crippen LogP contribution in [0.4, 0.5) is 10.1 Å². The maximum Gasteiger partial charge on any atom is 0.123 e. The molecule has 2 atom stereocenters. The number of halogens is 1. The van der Waals surface area contributed by atoms with Gasteiger partial charge in [0.25, 0.3) is 0 Å². The predicted octanol–water partition coefficient (Wildman–Crippen LogP) is 1.38. The molecule has 0 saturated carbocycles. The largest absolute Gasteiger partial charge is 0.366 e. The van der Waals surface area contributed by atoms with E-state index in [4.69, 9.17) is 0 Å². The van der Waals surface area contributed by atoms with Gasteiger partial charge in [0.15, 0.2) is 0 Å². The van der Waals surface area contributed by atoms with E-state index >= 15 is 0 Å². The van der Waals surface area contributed by atoms with Gasteiger partial charge in [0, 0.05) is 30.9 Å². The first-order valence-corrected chi connectivity index (χ1v) is 5.08. The molecule has 0 spiro atoms. The normalized spacial score (nSPS) is 29.9. The van der Waals surface area contributed by atoms with Crippen molar-refractivity contribution in [3.05, 3.63) is 30.1 Å². The number of rotatable bonds is 1. The molecule has 0 aromatic heterocycles. The molecule has 74 valence electrons. The van der Waals surface area contributed by atoms with Gasteiger partial charge in [-0.05, 0) is 30.7 Å². The molecule has 0 aliphatic carbocycles. The Labute approximate surface area is 82.7 Å². The summed E-state index contributed by atoms with van der Waals surface area (Å²) in [4.78, 5) is 2.38. The zero-order valence-corrected chi connectivity index (χ0v) is 7.91. The number of piperazine rings is 1. The Morgan fingerprint density at radius 2 is 2.07 bits per heavy atom. The third-order valence-electron chi connectivity index (χ3n) is 3.21. The number of nitrogens with one attached hydrogen (secondary N) is 1. The van der Waals surface area contributed by atoms with Crippen molar-refractivity contribution < 1.29 is 4.39 Å². The smallest absolute Gasteiger partial charge is 0.123 e. The van der Waals surface area contributed by atoms with E-state index in [9.17, 15) is 4.39 Å². The van der Waals surface area contributed by atoms with Crippen LogP contribution in [0.25, 0.3) is 0 Å². The summed E-state index contributed by atoms with van der Waals surface area (Å²) in [7, 11) is 0. The highest BCUT2D eigenvalue weighted by Gasteiger charge is 2.37. The lowest BCUT2D eigenvalue weighted by Crippen LogP contribution is -2.43. The topological polar surface area (TPSA) is 15.3 Å². The summed E-state index contributed by atoms with van der Waals surface area (Å²) in [5.74, 6) is -0.156. The summed E-state index contributed by atoms with van der Waals surface area (Å²) in [6, 6.07) is 8.07. The average molecular weight is 192 g/mol. The summed E-state index contributed by atoms with van der Waals surface area (Å²) in [6.07, 6.45) is 1.23. The van der Waals surface area contributed by atoms with Gasteiger partial charge in [0.05, 0.1) is 0 Å². The van der Waals surface area contributed by atoms with Crippen molar-refractivity contribution in [2.45, 2.75) is 18.5 Å². The molecule has 0 radical (unpaired) electrons. The number of fused-ring (bicyclic) bond motifs is 2. The van der Waals surface area contributed by atoms with Crippen molar-refractivity contribution >= 4 is 5.69 Å². The van der Waals surface area contributed by atoms with Crippen LogP contribution < -0.4 is 10.2 Å². The number of anilines is 1. The molecule has 1 N–H and O–H groups in total. The predicted molar refractivity (Wildman–Crippen MR) is 53.9 cm³/mol. The van der Waals surface area contributed by atoms with Crippen LogP contribution in [0.1, 0.15) is 6.42 Å². The van der Waals surface area contributed by atoms with Gasteiger partial charge < -0.3 is 10.2 Å². The minimum Gasteiger partial charge on any atom is -0.366 e. The fourth-order valence-electron chi connectivity index (χ4n) is 2.51. The van der Waals surface area contributed by atoms with Crippen LogP contribution in [-0.2, 0) is 0 Å². The van der Waals surface area contributed by atoms with Crippen molar-refractivity contribution in [1.82, 2.24) is 5.32 Å². The lowest BCUT2D eigenvalue weighted by atomic mass is 10.2. The summed E-state index contributed by atoms with van der Waals surface area (Å²) < 4.78 is 12.7. The Bertz CT molecular complexity index is 336. The van der Waals surface area contributed by atoms with Crippen LogP contribution in [0.5, 0.6) is 0 Å². The van der Waals surface area contributed by atoms with Gasteiger partial charge in [0.1, 0.15) is 5.82 Å². The molecule has 2 fully saturated rings. The van der Waals surface area contributed by atoms with Gasteiger partial charge in [-0.15, -0.1) is 0 Å². The average Bonchev–Trinajstić information content (AvgIpc) is 2.80. The Morgan fingerprint density at radius 3 is 2.64 bits per heavy atom. The molecular formula is C11H13FN2. The van der Waals surface area contributed by atoms with E-state index < -0.39 is 0 Å². The maximum atomic E-state index is 12.7. The van der Waals surface area contributed by atoms with Crippen molar-refractivity contribution in [2.75, 3.05) is 18.0 Å². The Balaban J connectivity index is 1.86. The highest BCUT2D eigenvalue weighted by atomic mass is 19.1. The van der Waals surface area contributed by atoms with Gasteiger partial charge in [0.2, 0.25) is 0 Å². The molecule has 0 amide bonds. The van der Waals surface area contributed by atoms with E-state index in [2.05, 4.69) is 10.2 Å². The first kappa shape index (κ1) is 8.24. The van der Waals surface area contributed by atoms with Gasteiger partial charge in [-0.3, -0.25) is 0 Å². The van der Waals surface area contributed by atoms with E-state index in [0.717, 1.165) is 18.8 Å². The first-order chi connectivity index (χ1) is 6.83. The molecule has 2 aliphatic rings. The van der Waals surface area contributed by atoms with E-state index in [1.807, 2.05) is 12.1 Å². The molecule has 2 heterocycles. The van der Waals surface area contributed by atoms with Crippen LogP contribution in [0.15, 0.2) is 24.3 Å². The summed E-state index contributed by atoms with van der Waals surface area (Å²) >= 11 is 0. The van der Waals surface area contributed by atoms with Crippen LogP contribution in [0.2, 0.25) is 0 Å². The van der Waals surface area contributed by atoms with Crippen molar-refractivity contribution in [2.24, 2.45) is 0 Å². The number of hydrogen-bond donors (Lipinski definition) is 1. The standard InChI is InChI=1S/C11H13FN2/c12-8-1-3-10(4-2-8)14-7-9-5-11(14)6-13-9/h1-4,9,11,13H,5-7H2. The fourth-order valence-corrected chi connectivity index (χ4v) is 2.51. The maximum absolute atomic E-state index is 12.7. The molecule has 14 heavy (non-hydrogen) atoms. The fraction of sp³-hybridized carbons (Fsp3) is 0.455. The molecule has 3 heteroatoms. The van der Waals surface area contributed by atoms with Crippen LogP contribution in [0, 0.1) is 5.82 Å². The Morgan fingerprint density at radius 1 is 1.29 bits per heavy atom. The lowest BCUT2D eigenvalue weighted by molar-refractivity contribution is 0.579. The minimum absolute atomic E-state index is 0.156. The zero-order valence-electron chi connectivity index (χ0n) is 7.91. The quantitative estimate of drug-likeness (QED) is 0.723. The van der Waals surface area contributed by atoms with Gasteiger partial charge in [-0.1, -0.05) is 0 Å². The summed E-state index contributed by atoms with van der Waals surface area (Å²) in [5.41, 5.74) is 1.15. The zero-order chi connectivity index (χ0) is 9.54. The molecule has 2 unspecified atom stereocenters. The van der Waals surface area contributed by atoms with Crippen molar-refractivity contribution in [1.29, 1.82) is 0 Å². The van der Waals surface area contributed by atoms with Crippen LogP contribution in [-0.4, -0.2) is 25.2 Å². The third kappa shape index (κ3) is 1.20. The highest BCUT2D eigenvalue weighted by molar-refractivity contribution is 5.49. The Kier molecular flexibility index (Phi) is 1.74. The van der Waals surface area contributed by atoms with E-state index in [1.165, 1.54) is 18.6 Å². The number of hydrogen-bond acceptors (Lipinski definition) is 2. The number of benzene rings is 1. The first-order valence-electron chi connectivity index (χ1n) is 5.08. The molecule has 1 aromatic carbocycles. The van der Waals surface area contributed by atoms with Crippen LogP contribution >= 0.6 is 0 Å². The third-order valence-corrected chi connectivity index (χ3v) is 3.21. The highest BCUT2D eigenvalue weighted by Crippen LogP contribution is 2.29. The van der Waals surface area contributed by atoms with E-state index in [1.54, 1.807) is 0 Å². The minimum atomic E-state index is -0.156. The van der Waals surface area contributed by atoms with E-state index in [0.29, 0.717) is 12.1 Å². The van der Waals surface area contributed by atoms with E-state index in [-0.39, 0.29) is 5.82 Å². The van der Waals surface area contributed by atoms with Gasteiger partial charge in [-0.2, -0.15) is 0 Å². The second-order valence-corrected chi connectivity index (χ2v) is 4.12. The van der Waals surface area contributed by atoms with Crippen molar-refractivity contribution in [3.63, 3.8) is 0 Å². The molecule has 3 rings (SSSR count).